The van der Waals surface area contributed by atoms with Gasteiger partial charge < -0.3 is 16.0 Å². The largest absolute Gasteiger partial charge is 0.355 e. The standard InChI is InChI=1S/C28H32FN3O3S/c1-18-8-7-11-24(19(18)2)31-25-10-6-5-9-23(25)27(33)32-26(16-17-36(4)35)28(34)30-20(3)21-12-14-22(29)15-13-21/h5-15,20,26,31H,16-17H2,1-4H3,(H,30,34)(H,32,33)/t20-,26-,36+/m1/s1. The van der Waals surface area contributed by atoms with Crippen LogP contribution in [0.1, 0.15) is 46.4 Å². The van der Waals surface area contributed by atoms with E-state index in [0.717, 1.165) is 22.4 Å². The molecule has 3 aromatic rings. The number of para-hydroxylation sites is 1. The second-order valence-electron chi connectivity index (χ2n) is 8.79. The quantitative estimate of drug-likeness (QED) is 0.362. The van der Waals surface area contributed by atoms with Gasteiger partial charge in [0.2, 0.25) is 5.91 Å². The van der Waals surface area contributed by atoms with E-state index in [9.17, 15) is 18.2 Å². The Labute approximate surface area is 214 Å². The Morgan fingerprint density at radius 1 is 0.917 bits per heavy atom. The summed E-state index contributed by atoms with van der Waals surface area (Å²) in [6.45, 7) is 5.81. The van der Waals surface area contributed by atoms with Crippen LogP contribution in [0.3, 0.4) is 0 Å². The van der Waals surface area contributed by atoms with Crippen molar-refractivity contribution in [1.29, 1.82) is 0 Å². The lowest BCUT2D eigenvalue weighted by Gasteiger charge is -2.22. The molecule has 0 aliphatic heterocycles. The van der Waals surface area contributed by atoms with Gasteiger partial charge in [0.1, 0.15) is 11.9 Å². The van der Waals surface area contributed by atoms with Crippen LogP contribution in [0.25, 0.3) is 0 Å². The van der Waals surface area contributed by atoms with E-state index in [-0.39, 0.29) is 18.0 Å². The summed E-state index contributed by atoms with van der Waals surface area (Å²) < 4.78 is 25.0. The van der Waals surface area contributed by atoms with Gasteiger partial charge in [0.05, 0.1) is 17.3 Å². The van der Waals surface area contributed by atoms with E-state index >= 15 is 0 Å². The molecule has 3 N–H and O–H groups in total. The summed E-state index contributed by atoms with van der Waals surface area (Å²) in [6, 6.07) is 17.6. The molecule has 0 unspecified atom stereocenters. The number of hydrogen-bond acceptors (Lipinski definition) is 4. The molecule has 0 bridgehead atoms. The Kier molecular flexibility index (Phi) is 9.36. The van der Waals surface area contributed by atoms with Crippen molar-refractivity contribution in [3.05, 3.63) is 94.8 Å². The van der Waals surface area contributed by atoms with Gasteiger partial charge in [-0.2, -0.15) is 0 Å². The summed E-state index contributed by atoms with van der Waals surface area (Å²) in [5.41, 5.74) is 4.82. The van der Waals surface area contributed by atoms with Gasteiger partial charge in [0.15, 0.2) is 0 Å². The lowest BCUT2D eigenvalue weighted by molar-refractivity contribution is -0.123. The summed E-state index contributed by atoms with van der Waals surface area (Å²) in [5.74, 6) is -0.919. The number of nitrogens with one attached hydrogen (secondary N) is 3. The molecule has 190 valence electrons. The van der Waals surface area contributed by atoms with Gasteiger partial charge >= 0.3 is 0 Å². The average Bonchev–Trinajstić information content (AvgIpc) is 2.85. The van der Waals surface area contributed by atoms with Crippen LogP contribution in [0.5, 0.6) is 0 Å². The number of anilines is 2. The first-order valence-corrected chi connectivity index (χ1v) is 13.5. The summed E-state index contributed by atoms with van der Waals surface area (Å²) in [4.78, 5) is 26.4. The van der Waals surface area contributed by atoms with E-state index < -0.39 is 34.7 Å². The molecule has 3 rings (SSSR count). The van der Waals surface area contributed by atoms with Crippen LogP contribution < -0.4 is 16.0 Å². The summed E-state index contributed by atoms with van der Waals surface area (Å²) >= 11 is 0. The first kappa shape index (κ1) is 27.1. The number of hydrogen-bond donors (Lipinski definition) is 3. The van der Waals surface area contributed by atoms with Gasteiger partial charge in [-0.3, -0.25) is 13.8 Å². The smallest absolute Gasteiger partial charge is 0.254 e. The molecule has 0 aromatic heterocycles. The molecular formula is C28H32FN3O3S. The van der Waals surface area contributed by atoms with Crippen LogP contribution in [0.4, 0.5) is 15.8 Å². The van der Waals surface area contributed by atoms with Gasteiger partial charge in [-0.15, -0.1) is 0 Å². The molecule has 0 heterocycles. The molecule has 2 amide bonds. The van der Waals surface area contributed by atoms with Crippen molar-refractivity contribution >= 4 is 34.0 Å². The van der Waals surface area contributed by atoms with Crippen molar-refractivity contribution < 1.29 is 18.2 Å². The molecule has 0 saturated heterocycles. The highest BCUT2D eigenvalue weighted by atomic mass is 32.2. The van der Waals surface area contributed by atoms with Crippen LogP contribution in [-0.4, -0.2) is 34.1 Å². The van der Waals surface area contributed by atoms with Crippen LogP contribution in [0.2, 0.25) is 0 Å². The van der Waals surface area contributed by atoms with Crippen LogP contribution >= 0.6 is 0 Å². The number of rotatable bonds is 10. The van der Waals surface area contributed by atoms with E-state index in [4.69, 9.17) is 0 Å². The summed E-state index contributed by atoms with van der Waals surface area (Å²) in [7, 11) is -1.13. The maximum atomic E-state index is 13.3. The number of carbonyl (C=O) groups excluding carboxylic acids is 2. The Hall–Kier alpha value is -3.52. The van der Waals surface area contributed by atoms with Crippen molar-refractivity contribution in [2.24, 2.45) is 0 Å². The Morgan fingerprint density at radius 3 is 2.28 bits per heavy atom. The minimum Gasteiger partial charge on any atom is -0.355 e. The first-order chi connectivity index (χ1) is 17.2. The minimum absolute atomic E-state index is 0.212. The second kappa shape index (κ2) is 12.4. The molecule has 36 heavy (non-hydrogen) atoms. The van der Waals surface area contributed by atoms with Crippen molar-refractivity contribution in [2.75, 3.05) is 17.3 Å². The first-order valence-electron chi connectivity index (χ1n) is 11.7. The molecule has 8 heteroatoms. The predicted molar refractivity (Wildman–Crippen MR) is 143 cm³/mol. The fourth-order valence-corrected chi connectivity index (χ4v) is 4.33. The zero-order chi connectivity index (χ0) is 26.2. The Bertz CT molecular complexity index is 1250. The zero-order valence-electron chi connectivity index (χ0n) is 20.9. The van der Waals surface area contributed by atoms with Gasteiger partial charge in [-0.05, 0) is 74.2 Å². The molecule has 0 aliphatic carbocycles. The van der Waals surface area contributed by atoms with E-state index in [0.29, 0.717) is 11.3 Å². The molecule has 3 atom stereocenters. The fraction of sp³-hybridized carbons (Fsp3) is 0.286. The molecule has 6 nitrogen and oxygen atoms in total. The highest BCUT2D eigenvalue weighted by Crippen LogP contribution is 2.25. The SMILES string of the molecule is Cc1cccc(Nc2ccccc2C(=O)N[C@H](CC[S@](C)=O)C(=O)N[C@H](C)c2ccc(F)cc2)c1C. The molecule has 0 fully saturated rings. The molecular weight excluding hydrogens is 477 g/mol. The number of benzene rings is 3. The van der Waals surface area contributed by atoms with Crippen LogP contribution in [0.15, 0.2) is 66.7 Å². The van der Waals surface area contributed by atoms with E-state index in [2.05, 4.69) is 16.0 Å². The summed E-state index contributed by atoms with van der Waals surface area (Å²) in [5, 5.41) is 9.03. The maximum absolute atomic E-state index is 13.3. The average molecular weight is 510 g/mol. The third-order valence-corrected chi connectivity index (χ3v) is 6.90. The Balaban J connectivity index is 1.78. The van der Waals surface area contributed by atoms with Gasteiger partial charge in [0.25, 0.3) is 5.91 Å². The van der Waals surface area contributed by atoms with Gasteiger partial charge in [-0.25, -0.2) is 4.39 Å². The highest BCUT2D eigenvalue weighted by molar-refractivity contribution is 7.84. The third-order valence-electron chi connectivity index (χ3n) is 6.09. The molecule has 0 aliphatic rings. The molecule has 0 radical (unpaired) electrons. The van der Waals surface area contributed by atoms with E-state index in [1.54, 1.807) is 37.4 Å². The number of carbonyl (C=O) groups is 2. The van der Waals surface area contributed by atoms with Gasteiger partial charge in [-0.1, -0.05) is 36.4 Å². The van der Waals surface area contributed by atoms with Gasteiger partial charge in [0, 0.05) is 28.5 Å². The zero-order valence-corrected chi connectivity index (χ0v) is 21.7. The molecule has 0 saturated carbocycles. The van der Waals surface area contributed by atoms with Crippen molar-refractivity contribution in [2.45, 2.75) is 39.3 Å². The molecule has 0 spiro atoms. The van der Waals surface area contributed by atoms with Crippen molar-refractivity contribution in [3.63, 3.8) is 0 Å². The summed E-state index contributed by atoms with van der Waals surface area (Å²) in [6.07, 6.45) is 1.77. The third kappa shape index (κ3) is 7.24. The maximum Gasteiger partial charge on any atom is 0.254 e. The lowest BCUT2D eigenvalue weighted by atomic mass is 10.1. The normalized spacial score (nSPS) is 13.4. The predicted octanol–water partition coefficient (Wildman–Crippen LogP) is 4.93. The monoisotopic (exact) mass is 509 g/mol. The van der Waals surface area contributed by atoms with E-state index in [1.165, 1.54) is 12.1 Å². The topological polar surface area (TPSA) is 87.3 Å². The van der Waals surface area contributed by atoms with Crippen molar-refractivity contribution in [3.8, 4) is 0 Å². The number of halogens is 1. The van der Waals surface area contributed by atoms with Crippen LogP contribution in [0, 0.1) is 19.7 Å². The van der Waals surface area contributed by atoms with Crippen LogP contribution in [-0.2, 0) is 15.6 Å². The van der Waals surface area contributed by atoms with Crippen molar-refractivity contribution in [1.82, 2.24) is 10.6 Å². The minimum atomic E-state index is -1.13. The van der Waals surface area contributed by atoms with E-state index in [1.807, 2.05) is 44.2 Å². The lowest BCUT2D eigenvalue weighted by Crippen LogP contribution is -2.48. The highest BCUT2D eigenvalue weighted by Gasteiger charge is 2.24. The Morgan fingerprint density at radius 2 is 1.58 bits per heavy atom. The number of amides is 2. The number of aryl methyl sites for hydroxylation is 1. The fourth-order valence-electron chi connectivity index (χ4n) is 3.76. The second-order valence-corrected chi connectivity index (χ2v) is 10.3. The molecule has 3 aromatic carbocycles.